The van der Waals surface area contributed by atoms with Gasteiger partial charge in [-0.3, -0.25) is 4.79 Å². The number of benzene rings is 1. The van der Waals surface area contributed by atoms with E-state index in [0.29, 0.717) is 11.4 Å². The van der Waals surface area contributed by atoms with E-state index in [1.807, 2.05) is 13.0 Å². The number of anilines is 1. The fourth-order valence-electron chi connectivity index (χ4n) is 1.61. The molecule has 0 aliphatic carbocycles. The highest BCUT2D eigenvalue weighted by atomic mass is 19.1. The van der Waals surface area contributed by atoms with Crippen molar-refractivity contribution in [3.8, 4) is 0 Å². The number of amides is 1. The summed E-state index contributed by atoms with van der Waals surface area (Å²) in [6, 6.07) is 8.33. The summed E-state index contributed by atoms with van der Waals surface area (Å²) in [5.41, 5.74) is 1.30. The van der Waals surface area contributed by atoms with Gasteiger partial charge in [0, 0.05) is 6.20 Å². The first kappa shape index (κ1) is 12.2. The van der Waals surface area contributed by atoms with Crippen molar-refractivity contribution in [3.05, 3.63) is 59.0 Å². The van der Waals surface area contributed by atoms with Crippen molar-refractivity contribution in [2.45, 2.75) is 13.8 Å². The Hall–Kier alpha value is -2.23. The number of pyridine rings is 1. The average Bonchev–Trinajstić information content (AvgIpc) is 2.35. The molecule has 0 saturated carbocycles. The molecule has 1 heterocycles. The third-order valence-electron chi connectivity index (χ3n) is 2.68. The Kier molecular flexibility index (Phi) is 3.37. The molecule has 0 atom stereocenters. The third-order valence-corrected chi connectivity index (χ3v) is 2.68. The van der Waals surface area contributed by atoms with Crippen LogP contribution in [-0.2, 0) is 0 Å². The number of halogens is 1. The van der Waals surface area contributed by atoms with Gasteiger partial charge in [0.2, 0.25) is 0 Å². The lowest BCUT2D eigenvalue weighted by Gasteiger charge is -2.08. The van der Waals surface area contributed by atoms with E-state index in [-0.39, 0.29) is 5.56 Å². The molecule has 1 amide bonds. The molecule has 0 bridgehead atoms. The minimum atomic E-state index is -0.497. The molecule has 18 heavy (non-hydrogen) atoms. The van der Waals surface area contributed by atoms with Crippen LogP contribution in [0.25, 0.3) is 0 Å². The second-order valence-corrected chi connectivity index (χ2v) is 4.06. The van der Waals surface area contributed by atoms with Crippen LogP contribution < -0.4 is 5.32 Å². The van der Waals surface area contributed by atoms with E-state index < -0.39 is 11.7 Å². The second-order valence-electron chi connectivity index (χ2n) is 4.06. The molecule has 0 fully saturated rings. The molecule has 1 N–H and O–H groups in total. The Morgan fingerprint density at radius 1 is 1.17 bits per heavy atom. The van der Waals surface area contributed by atoms with E-state index >= 15 is 0 Å². The molecule has 4 heteroatoms. The maximum Gasteiger partial charge on any atom is 0.259 e. The highest BCUT2D eigenvalue weighted by Gasteiger charge is 2.14. The molecule has 3 nitrogen and oxygen atoms in total. The van der Waals surface area contributed by atoms with E-state index in [4.69, 9.17) is 0 Å². The molecular weight excluding hydrogens is 231 g/mol. The van der Waals surface area contributed by atoms with Gasteiger partial charge < -0.3 is 5.32 Å². The van der Waals surface area contributed by atoms with Gasteiger partial charge in [-0.1, -0.05) is 18.2 Å². The summed E-state index contributed by atoms with van der Waals surface area (Å²) in [4.78, 5) is 16.0. The van der Waals surface area contributed by atoms with E-state index in [1.165, 1.54) is 6.07 Å². The van der Waals surface area contributed by atoms with Gasteiger partial charge in [-0.2, -0.15) is 0 Å². The minimum Gasteiger partial charge on any atom is -0.306 e. The smallest absolute Gasteiger partial charge is 0.259 e. The number of carbonyl (C=O) groups excluding carboxylic acids is 1. The first-order valence-corrected chi connectivity index (χ1v) is 5.57. The maximum absolute atomic E-state index is 13.8. The fourth-order valence-corrected chi connectivity index (χ4v) is 1.61. The summed E-state index contributed by atoms with van der Waals surface area (Å²) >= 11 is 0. The van der Waals surface area contributed by atoms with Crippen LogP contribution in [0.3, 0.4) is 0 Å². The van der Waals surface area contributed by atoms with Crippen LogP contribution in [0, 0.1) is 19.7 Å². The predicted molar refractivity (Wildman–Crippen MR) is 68.1 cm³/mol. The summed E-state index contributed by atoms with van der Waals surface area (Å²) in [5.74, 6) is -0.537. The molecule has 0 spiro atoms. The molecule has 2 aromatic rings. The third kappa shape index (κ3) is 2.37. The number of rotatable bonds is 2. The summed E-state index contributed by atoms with van der Waals surface area (Å²) in [6.07, 6.45) is 1.58. The molecule has 2 rings (SSSR count). The normalized spacial score (nSPS) is 10.2. The highest BCUT2D eigenvalue weighted by molar-refractivity contribution is 6.04. The van der Waals surface area contributed by atoms with Gasteiger partial charge >= 0.3 is 0 Å². The SMILES string of the molecule is Cc1cccnc1NC(=O)c1cccc(C)c1F. The van der Waals surface area contributed by atoms with Gasteiger partial charge in [0.25, 0.3) is 5.91 Å². The topological polar surface area (TPSA) is 42.0 Å². The van der Waals surface area contributed by atoms with Gasteiger partial charge in [-0.15, -0.1) is 0 Å². The largest absolute Gasteiger partial charge is 0.306 e. The van der Waals surface area contributed by atoms with Crippen LogP contribution in [0.15, 0.2) is 36.5 Å². The monoisotopic (exact) mass is 244 g/mol. The number of hydrogen-bond acceptors (Lipinski definition) is 2. The Morgan fingerprint density at radius 2 is 1.89 bits per heavy atom. The van der Waals surface area contributed by atoms with Crippen LogP contribution in [0.5, 0.6) is 0 Å². The lowest BCUT2D eigenvalue weighted by Crippen LogP contribution is -2.15. The van der Waals surface area contributed by atoms with Crippen molar-refractivity contribution in [1.29, 1.82) is 0 Å². The van der Waals surface area contributed by atoms with Crippen molar-refractivity contribution in [2.75, 3.05) is 5.32 Å². The van der Waals surface area contributed by atoms with E-state index in [0.717, 1.165) is 5.56 Å². The molecular formula is C14H13FN2O. The number of aryl methyl sites for hydroxylation is 2. The first-order chi connectivity index (χ1) is 8.59. The molecule has 0 aliphatic rings. The number of carbonyl (C=O) groups is 1. The van der Waals surface area contributed by atoms with Gasteiger partial charge in [0.1, 0.15) is 11.6 Å². The summed E-state index contributed by atoms with van der Waals surface area (Å²) in [5, 5.41) is 2.60. The lowest BCUT2D eigenvalue weighted by atomic mass is 10.1. The fraction of sp³-hybridized carbons (Fsp3) is 0.143. The van der Waals surface area contributed by atoms with Crippen molar-refractivity contribution >= 4 is 11.7 Å². The zero-order valence-corrected chi connectivity index (χ0v) is 10.2. The van der Waals surface area contributed by atoms with Crippen molar-refractivity contribution in [3.63, 3.8) is 0 Å². The molecule has 1 aromatic carbocycles. The zero-order valence-electron chi connectivity index (χ0n) is 10.2. The maximum atomic E-state index is 13.8. The van der Waals surface area contributed by atoms with Crippen LogP contribution in [-0.4, -0.2) is 10.9 Å². The van der Waals surface area contributed by atoms with Gasteiger partial charge in [0.05, 0.1) is 5.56 Å². The summed E-state index contributed by atoms with van der Waals surface area (Å²) in [7, 11) is 0. The molecule has 1 aromatic heterocycles. The van der Waals surface area contributed by atoms with E-state index in [2.05, 4.69) is 10.3 Å². The molecule has 92 valence electrons. The second kappa shape index (κ2) is 4.96. The highest BCUT2D eigenvalue weighted by Crippen LogP contribution is 2.15. The van der Waals surface area contributed by atoms with Crippen LogP contribution in [0.1, 0.15) is 21.5 Å². The number of hydrogen-bond donors (Lipinski definition) is 1. The summed E-state index contributed by atoms with van der Waals surface area (Å²) < 4.78 is 13.8. The predicted octanol–water partition coefficient (Wildman–Crippen LogP) is 3.09. The number of nitrogens with zero attached hydrogens (tertiary/aromatic N) is 1. The van der Waals surface area contributed by atoms with Crippen LogP contribution >= 0.6 is 0 Å². The average molecular weight is 244 g/mol. The van der Waals surface area contributed by atoms with Gasteiger partial charge in [-0.25, -0.2) is 9.37 Å². The van der Waals surface area contributed by atoms with Gasteiger partial charge in [-0.05, 0) is 37.1 Å². The van der Waals surface area contributed by atoms with Crippen LogP contribution in [0.4, 0.5) is 10.2 Å². The number of aromatic nitrogens is 1. The summed E-state index contributed by atoms with van der Waals surface area (Å²) in [6.45, 7) is 3.45. The molecule has 0 unspecified atom stereocenters. The Balaban J connectivity index is 2.28. The van der Waals surface area contributed by atoms with E-state index in [9.17, 15) is 9.18 Å². The van der Waals surface area contributed by atoms with E-state index in [1.54, 1.807) is 31.3 Å². The van der Waals surface area contributed by atoms with Crippen molar-refractivity contribution in [2.24, 2.45) is 0 Å². The molecule has 0 radical (unpaired) electrons. The van der Waals surface area contributed by atoms with Crippen LogP contribution in [0.2, 0.25) is 0 Å². The standard InChI is InChI=1S/C14H13FN2O/c1-9-5-3-7-11(12(9)15)14(18)17-13-10(2)6-4-8-16-13/h3-8H,1-2H3,(H,16,17,18). The Morgan fingerprint density at radius 3 is 2.61 bits per heavy atom. The molecule has 0 saturated heterocycles. The van der Waals surface area contributed by atoms with Crippen molar-refractivity contribution in [1.82, 2.24) is 4.98 Å². The van der Waals surface area contributed by atoms with Gasteiger partial charge in [0.15, 0.2) is 0 Å². The quantitative estimate of drug-likeness (QED) is 0.882. The lowest BCUT2D eigenvalue weighted by molar-refractivity contribution is 0.102. The van der Waals surface area contributed by atoms with Crippen molar-refractivity contribution < 1.29 is 9.18 Å². The number of nitrogens with one attached hydrogen (secondary N) is 1. The minimum absolute atomic E-state index is 0.0278. The molecule has 0 aliphatic heterocycles. The first-order valence-electron chi connectivity index (χ1n) is 5.57. The Labute approximate surface area is 105 Å². The Bertz CT molecular complexity index is 596. The zero-order chi connectivity index (χ0) is 13.1.